The van der Waals surface area contributed by atoms with E-state index in [0.29, 0.717) is 12.5 Å². The number of aliphatic hydroxyl groups excluding tert-OH is 1. The summed E-state index contributed by atoms with van der Waals surface area (Å²) in [5.74, 6) is 0.912. The van der Waals surface area contributed by atoms with Gasteiger partial charge in [-0.2, -0.15) is 0 Å². The zero-order valence-electron chi connectivity index (χ0n) is 10.00. The van der Waals surface area contributed by atoms with Crippen molar-refractivity contribution in [3.8, 4) is 0 Å². The molecule has 0 spiro atoms. The van der Waals surface area contributed by atoms with E-state index in [1.165, 1.54) is 6.42 Å². The van der Waals surface area contributed by atoms with Gasteiger partial charge in [-0.1, -0.05) is 26.7 Å². The predicted octanol–water partition coefficient (Wildman–Crippen LogP) is 1.15. The minimum absolute atomic E-state index is 0.210. The van der Waals surface area contributed by atoms with Crippen LogP contribution >= 0.6 is 0 Å². The molecule has 0 aromatic rings. The van der Waals surface area contributed by atoms with E-state index < -0.39 is 5.60 Å². The van der Waals surface area contributed by atoms with Gasteiger partial charge in [-0.05, 0) is 31.2 Å². The van der Waals surface area contributed by atoms with Gasteiger partial charge in [0.15, 0.2) is 0 Å². The molecule has 0 saturated heterocycles. The van der Waals surface area contributed by atoms with Crippen molar-refractivity contribution >= 4 is 0 Å². The topological polar surface area (TPSA) is 52.5 Å². The van der Waals surface area contributed by atoms with Crippen molar-refractivity contribution in [1.29, 1.82) is 0 Å². The molecule has 0 radical (unpaired) electrons. The van der Waals surface area contributed by atoms with Crippen LogP contribution in [-0.2, 0) is 0 Å². The molecule has 0 aromatic heterocycles. The Bertz CT molecular complexity index is 186. The van der Waals surface area contributed by atoms with Gasteiger partial charge >= 0.3 is 0 Å². The first kappa shape index (κ1) is 12.9. The quantitative estimate of drug-likeness (QED) is 0.645. The van der Waals surface area contributed by atoms with Crippen molar-refractivity contribution in [2.75, 3.05) is 19.7 Å². The Hall–Kier alpha value is -0.120. The van der Waals surface area contributed by atoms with Crippen LogP contribution in [0.1, 0.15) is 39.5 Å². The van der Waals surface area contributed by atoms with Crippen LogP contribution in [0.4, 0.5) is 0 Å². The molecule has 1 rings (SSSR count). The number of rotatable bonds is 5. The van der Waals surface area contributed by atoms with Gasteiger partial charge in [0.05, 0.1) is 5.60 Å². The molecule has 3 unspecified atom stereocenters. The van der Waals surface area contributed by atoms with Gasteiger partial charge in [0.2, 0.25) is 0 Å². The third-order valence-corrected chi connectivity index (χ3v) is 3.33. The second-order valence-electron chi connectivity index (χ2n) is 5.34. The monoisotopic (exact) mass is 215 g/mol. The SMILES string of the molecule is CC(CO)CNCC1(O)CCCC(C)C1. The van der Waals surface area contributed by atoms with Gasteiger partial charge in [0, 0.05) is 13.2 Å². The van der Waals surface area contributed by atoms with E-state index in [-0.39, 0.29) is 12.5 Å². The molecule has 90 valence electrons. The van der Waals surface area contributed by atoms with Crippen LogP contribution in [0.25, 0.3) is 0 Å². The highest BCUT2D eigenvalue weighted by Gasteiger charge is 2.31. The first-order valence-corrected chi connectivity index (χ1v) is 6.10. The third-order valence-electron chi connectivity index (χ3n) is 3.33. The van der Waals surface area contributed by atoms with Crippen molar-refractivity contribution in [2.24, 2.45) is 11.8 Å². The fourth-order valence-corrected chi connectivity index (χ4v) is 2.41. The van der Waals surface area contributed by atoms with Gasteiger partial charge in [0.1, 0.15) is 0 Å². The Labute approximate surface area is 92.9 Å². The summed E-state index contributed by atoms with van der Waals surface area (Å²) in [7, 11) is 0. The van der Waals surface area contributed by atoms with Crippen LogP contribution in [0, 0.1) is 11.8 Å². The maximum Gasteiger partial charge on any atom is 0.0774 e. The van der Waals surface area contributed by atoms with Crippen LogP contribution in [0.15, 0.2) is 0 Å². The summed E-state index contributed by atoms with van der Waals surface area (Å²) in [6.07, 6.45) is 4.20. The highest BCUT2D eigenvalue weighted by molar-refractivity contribution is 4.87. The number of hydrogen-bond acceptors (Lipinski definition) is 3. The molecule has 3 atom stereocenters. The normalized spacial score (nSPS) is 34.0. The average molecular weight is 215 g/mol. The number of aliphatic hydroxyl groups is 2. The molecule has 1 saturated carbocycles. The minimum Gasteiger partial charge on any atom is -0.396 e. The molecule has 0 amide bonds. The van der Waals surface area contributed by atoms with Crippen molar-refractivity contribution in [2.45, 2.75) is 45.1 Å². The number of hydrogen-bond donors (Lipinski definition) is 3. The Balaban J connectivity index is 2.23. The van der Waals surface area contributed by atoms with Crippen molar-refractivity contribution < 1.29 is 10.2 Å². The van der Waals surface area contributed by atoms with Gasteiger partial charge in [0.25, 0.3) is 0 Å². The first-order chi connectivity index (χ1) is 7.06. The molecule has 0 aliphatic heterocycles. The van der Waals surface area contributed by atoms with Crippen LogP contribution in [-0.4, -0.2) is 35.5 Å². The Morgan fingerprint density at radius 3 is 2.87 bits per heavy atom. The number of nitrogens with one attached hydrogen (secondary N) is 1. The summed E-state index contributed by atoms with van der Waals surface area (Å²) in [6.45, 7) is 5.87. The van der Waals surface area contributed by atoms with Crippen LogP contribution in [0.5, 0.6) is 0 Å². The maximum absolute atomic E-state index is 10.3. The molecule has 15 heavy (non-hydrogen) atoms. The molecule has 0 heterocycles. The van der Waals surface area contributed by atoms with Crippen molar-refractivity contribution in [3.63, 3.8) is 0 Å². The largest absolute Gasteiger partial charge is 0.396 e. The van der Waals surface area contributed by atoms with Crippen LogP contribution in [0.3, 0.4) is 0 Å². The molecule has 1 fully saturated rings. The highest BCUT2D eigenvalue weighted by atomic mass is 16.3. The van der Waals surface area contributed by atoms with E-state index in [1.54, 1.807) is 0 Å². The van der Waals surface area contributed by atoms with Crippen LogP contribution in [0.2, 0.25) is 0 Å². The Kier molecular flexibility index (Phi) is 5.03. The fourth-order valence-electron chi connectivity index (χ4n) is 2.41. The Morgan fingerprint density at radius 1 is 1.53 bits per heavy atom. The zero-order valence-corrected chi connectivity index (χ0v) is 10.00. The minimum atomic E-state index is -0.507. The van der Waals surface area contributed by atoms with Crippen LogP contribution < -0.4 is 5.32 Å². The second kappa shape index (κ2) is 5.83. The lowest BCUT2D eigenvalue weighted by atomic mass is 9.79. The predicted molar refractivity (Wildman–Crippen MR) is 61.7 cm³/mol. The van der Waals surface area contributed by atoms with E-state index in [2.05, 4.69) is 12.2 Å². The summed E-state index contributed by atoms with van der Waals surface area (Å²) in [4.78, 5) is 0. The van der Waals surface area contributed by atoms with Crippen molar-refractivity contribution in [3.05, 3.63) is 0 Å². The second-order valence-corrected chi connectivity index (χ2v) is 5.34. The molecule has 3 nitrogen and oxygen atoms in total. The summed E-state index contributed by atoms with van der Waals surface area (Å²) in [5, 5.41) is 22.4. The first-order valence-electron chi connectivity index (χ1n) is 6.10. The lowest BCUT2D eigenvalue weighted by Crippen LogP contribution is -2.45. The van der Waals surface area contributed by atoms with Gasteiger partial charge in [-0.25, -0.2) is 0 Å². The fraction of sp³-hybridized carbons (Fsp3) is 1.00. The van der Waals surface area contributed by atoms with E-state index in [9.17, 15) is 5.11 Å². The molecule has 0 bridgehead atoms. The maximum atomic E-state index is 10.3. The lowest BCUT2D eigenvalue weighted by molar-refractivity contribution is -0.0124. The molecular weight excluding hydrogens is 190 g/mol. The highest BCUT2D eigenvalue weighted by Crippen LogP contribution is 2.31. The molecule has 1 aliphatic carbocycles. The average Bonchev–Trinajstić information content (AvgIpc) is 2.16. The van der Waals surface area contributed by atoms with E-state index in [4.69, 9.17) is 5.11 Å². The molecule has 0 aromatic carbocycles. The summed E-state index contributed by atoms with van der Waals surface area (Å²) >= 11 is 0. The van der Waals surface area contributed by atoms with Gasteiger partial charge < -0.3 is 15.5 Å². The summed E-state index contributed by atoms with van der Waals surface area (Å²) in [6, 6.07) is 0. The lowest BCUT2D eigenvalue weighted by Gasteiger charge is -2.36. The summed E-state index contributed by atoms with van der Waals surface area (Å²) < 4.78 is 0. The van der Waals surface area contributed by atoms with Crippen molar-refractivity contribution in [1.82, 2.24) is 5.32 Å². The smallest absolute Gasteiger partial charge is 0.0774 e. The molecular formula is C12H25NO2. The zero-order chi connectivity index (χ0) is 11.3. The molecule has 1 aliphatic rings. The van der Waals surface area contributed by atoms with Gasteiger partial charge in [-0.3, -0.25) is 0 Å². The van der Waals surface area contributed by atoms with E-state index >= 15 is 0 Å². The standard InChI is InChI=1S/C12H25NO2/c1-10-4-3-5-12(15,6-10)9-13-7-11(2)8-14/h10-11,13-15H,3-9H2,1-2H3. The Morgan fingerprint density at radius 2 is 2.27 bits per heavy atom. The van der Waals surface area contributed by atoms with Gasteiger partial charge in [-0.15, -0.1) is 0 Å². The third kappa shape index (κ3) is 4.49. The molecule has 3 N–H and O–H groups in total. The molecule has 3 heteroatoms. The summed E-state index contributed by atoms with van der Waals surface area (Å²) in [5.41, 5.74) is -0.507. The van der Waals surface area contributed by atoms with E-state index in [0.717, 1.165) is 25.8 Å². The van der Waals surface area contributed by atoms with E-state index in [1.807, 2.05) is 6.92 Å².